The summed E-state index contributed by atoms with van der Waals surface area (Å²) < 4.78 is 15.1. The summed E-state index contributed by atoms with van der Waals surface area (Å²) in [6, 6.07) is 15.4. The molecule has 4 heterocycles. The molecule has 6 rings (SSSR count). The third-order valence-electron chi connectivity index (χ3n) is 6.79. The largest absolute Gasteiger partial charge is 0.486 e. The Hall–Kier alpha value is -4.27. The number of hydrogen-bond donors (Lipinski definition) is 1. The molecular formula is C27H27N5O4. The van der Waals surface area contributed by atoms with Crippen molar-refractivity contribution in [1.82, 2.24) is 19.7 Å². The van der Waals surface area contributed by atoms with E-state index in [0.29, 0.717) is 43.5 Å². The van der Waals surface area contributed by atoms with E-state index in [0.717, 1.165) is 27.7 Å². The zero-order valence-corrected chi connectivity index (χ0v) is 20.2. The summed E-state index contributed by atoms with van der Waals surface area (Å²) in [5.41, 5.74) is 3.80. The van der Waals surface area contributed by atoms with Gasteiger partial charge in [0.05, 0.1) is 18.3 Å². The minimum absolute atomic E-state index is 0.0750. The summed E-state index contributed by atoms with van der Waals surface area (Å²) in [5, 5.41) is 8.88. The number of rotatable bonds is 5. The van der Waals surface area contributed by atoms with Crippen molar-refractivity contribution in [3.05, 3.63) is 60.3 Å². The standard InChI is InChI=1S/C27H27N5O4/c1-17(18-7-8-23-24(13-18)36-12-11-35-23)28-25(33)16-31-26-14-21(29-32(26)10-9-27(31)34)20-15-30(2)22-6-4-3-5-19(20)22/h3-8,13-15,17H,9-12,16H2,1-2H3,(H,28,33). The molecular weight excluding hydrogens is 458 g/mol. The quantitative estimate of drug-likeness (QED) is 0.468. The van der Waals surface area contributed by atoms with Gasteiger partial charge >= 0.3 is 0 Å². The molecule has 36 heavy (non-hydrogen) atoms. The highest BCUT2D eigenvalue weighted by Crippen LogP contribution is 2.34. The fourth-order valence-electron chi connectivity index (χ4n) is 4.94. The number of nitrogens with zero attached hydrogens (tertiary/aromatic N) is 4. The van der Waals surface area contributed by atoms with Gasteiger partial charge in [0.2, 0.25) is 11.8 Å². The van der Waals surface area contributed by atoms with Crippen LogP contribution in [0.2, 0.25) is 0 Å². The summed E-state index contributed by atoms with van der Waals surface area (Å²) in [6.45, 7) is 3.35. The van der Waals surface area contributed by atoms with E-state index in [1.54, 1.807) is 0 Å². The number of anilines is 1. The van der Waals surface area contributed by atoms with Crippen molar-refractivity contribution in [1.29, 1.82) is 0 Å². The van der Waals surface area contributed by atoms with Crippen molar-refractivity contribution in [3.63, 3.8) is 0 Å². The second kappa shape index (κ2) is 8.75. The molecule has 9 nitrogen and oxygen atoms in total. The van der Waals surface area contributed by atoms with Gasteiger partial charge in [0, 0.05) is 42.2 Å². The van der Waals surface area contributed by atoms with Gasteiger partial charge in [-0.05, 0) is 30.7 Å². The molecule has 2 aliphatic heterocycles. The number of aromatic nitrogens is 3. The van der Waals surface area contributed by atoms with E-state index in [9.17, 15) is 9.59 Å². The molecule has 1 unspecified atom stereocenters. The zero-order chi connectivity index (χ0) is 24.8. The molecule has 2 amide bonds. The molecule has 0 saturated carbocycles. The van der Waals surface area contributed by atoms with Crippen LogP contribution in [0.1, 0.15) is 24.9 Å². The molecule has 0 fully saturated rings. The van der Waals surface area contributed by atoms with E-state index >= 15 is 0 Å². The molecule has 9 heteroatoms. The summed E-state index contributed by atoms with van der Waals surface area (Å²) in [5.74, 6) is 1.69. The Morgan fingerprint density at radius 3 is 2.78 bits per heavy atom. The first-order valence-corrected chi connectivity index (χ1v) is 12.1. The number of ether oxygens (including phenoxy) is 2. The van der Waals surface area contributed by atoms with Crippen molar-refractivity contribution < 1.29 is 19.1 Å². The number of benzene rings is 2. The Kier molecular flexibility index (Phi) is 5.40. The van der Waals surface area contributed by atoms with E-state index in [1.807, 2.05) is 61.2 Å². The third-order valence-corrected chi connectivity index (χ3v) is 6.79. The molecule has 0 aliphatic carbocycles. The van der Waals surface area contributed by atoms with Crippen LogP contribution in [0.15, 0.2) is 54.7 Å². The highest BCUT2D eigenvalue weighted by atomic mass is 16.6. The van der Waals surface area contributed by atoms with Crippen molar-refractivity contribution in [2.45, 2.75) is 25.9 Å². The number of amides is 2. The first-order chi connectivity index (χ1) is 17.5. The van der Waals surface area contributed by atoms with E-state index < -0.39 is 0 Å². The minimum Gasteiger partial charge on any atom is -0.486 e. The van der Waals surface area contributed by atoms with Crippen molar-refractivity contribution >= 4 is 28.5 Å². The van der Waals surface area contributed by atoms with Crippen LogP contribution in [0.25, 0.3) is 22.2 Å². The smallest absolute Gasteiger partial charge is 0.240 e. The first-order valence-electron chi connectivity index (χ1n) is 12.1. The van der Waals surface area contributed by atoms with Crippen LogP contribution in [0.3, 0.4) is 0 Å². The van der Waals surface area contributed by atoms with Gasteiger partial charge in [0.1, 0.15) is 25.6 Å². The van der Waals surface area contributed by atoms with Gasteiger partial charge in [-0.15, -0.1) is 0 Å². The van der Waals surface area contributed by atoms with Gasteiger partial charge < -0.3 is 19.4 Å². The van der Waals surface area contributed by atoms with Gasteiger partial charge in [-0.25, -0.2) is 4.68 Å². The number of hydrogen-bond acceptors (Lipinski definition) is 5. The van der Waals surface area contributed by atoms with Crippen LogP contribution in [0.4, 0.5) is 5.82 Å². The van der Waals surface area contributed by atoms with Crippen molar-refractivity contribution in [2.75, 3.05) is 24.7 Å². The topological polar surface area (TPSA) is 90.6 Å². The average Bonchev–Trinajstić information content (AvgIpc) is 3.47. The number of nitrogens with one attached hydrogen (secondary N) is 1. The normalized spacial score (nSPS) is 15.6. The maximum absolute atomic E-state index is 13.0. The van der Waals surface area contributed by atoms with E-state index in [2.05, 4.69) is 22.0 Å². The Labute approximate surface area is 208 Å². The second-order valence-corrected chi connectivity index (χ2v) is 9.20. The predicted octanol–water partition coefficient (Wildman–Crippen LogP) is 3.43. The first kappa shape index (κ1) is 22.2. The number of para-hydroxylation sites is 1. The van der Waals surface area contributed by atoms with Crippen molar-refractivity contribution in [3.8, 4) is 22.8 Å². The second-order valence-electron chi connectivity index (χ2n) is 9.20. The number of aryl methyl sites for hydroxylation is 2. The molecule has 0 bridgehead atoms. The molecule has 0 saturated heterocycles. The van der Waals surface area contributed by atoms with Gasteiger partial charge in [0.25, 0.3) is 0 Å². The maximum Gasteiger partial charge on any atom is 0.240 e. The summed E-state index contributed by atoms with van der Waals surface area (Å²) in [4.78, 5) is 27.4. The van der Waals surface area contributed by atoms with E-state index in [-0.39, 0.29) is 24.4 Å². The molecule has 4 aromatic rings. The number of carbonyl (C=O) groups is 2. The van der Waals surface area contributed by atoms with Gasteiger partial charge in [-0.2, -0.15) is 5.10 Å². The molecule has 0 spiro atoms. The molecule has 1 N–H and O–H groups in total. The molecule has 2 aliphatic rings. The fourth-order valence-corrected chi connectivity index (χ4v) is 4.94. The lowest BCUT2D eigenvalue weighted by Gasteiger charge is -2.27. The Morgan fingerprint density at radius 2 is 1.92 bits per heavy atom. The molecule has 2 aromatic heterocycles. The highest BCUT2D eigenvalue weighted by molar-refractivity contribution is 6.00. The molecule has 1 atom stereocenters. The van der Waals surface area contributed by atoms with E-state index in [4.69, 9.17) is 14.6 Å². The lowest BCUT2D eigenvalue weighted by atomic mass is 10.1. The SMILES string of the molecule is CC(NC(=O)CN1C(=O)CCn2nc(-c3cn(C)c4ccccc34)cc21)c1ccc2c(c1)OCCO2. The monoisotopic (exact) mass is 485 g/mol. The third kappa shape index (κ3) is 3.86. The summed E-state index contributed by atoms with van der Waals surface area (Å²) in [6.07, 6.45) is 2.35. The van der Waals surface area contributed by atoms with Gasteiger partial charge in [-0.1, -0.05) is 24.3 Å². The molecule has 184 valence electrons. The summed E-state index contributed by atoms with van der Waals surface area (Å²) >= 11 is 0. The Balaban J connectivity index is 1.22. The van der Waals surface area contributed by atoms with Crippen LogP contribution in [-0.4, -0.2) is 45.9 Å². The van der Waals surface area contributed by atoms with Crippen LogP contribution in [0, 0.1) is 0 Å². The predicted molar refractivity (Wildman–Crippen MR) is 135 cm³/mol. The van der Waals surface area contributed by atoms with Gasteiger partial charge in [-0.3, -0.25) is 14.5 Å². The lowest BCUT2D eigenvalue weighted by Crippen LogP contribution is -2.44. The lowest BCUT2D eigenvalue weighted by molar-refractivity contribution is -0.124. The highest BCUT2D eigenvalue weighted by Gasteiger charge is 2.29. The Bertz CT molecular complexity index is 1490. The number of carbonyl (C=O) groups excluding carboxylic acids is 2. The van der Waals surface area contributed by atoms with Gasteiger partial charge in [0.15, 0.2) is 11.5 Å². The van der Waals surface area contributed by atoms with Crippen molar-refractivity contribution in [2.24, 2.45) is 7.05 Å². The van der Waals surface area contributed by atoms with Crippen LogP contribution in [-0.2, 0) is 23.2 Å². The maximum atomic E-state index is 13.0. The summed E-state index contributed by atoms with van der Waals surface area (Å²) in [7, 11) is 2.00. The average molecular weight is 486 g/mol. The fraction of sp³-hybridized carbons (Fsp3) is 0.296. The Morgan fingerprint density at radius 1 is 1.11 bits per heavy atom. The van der Waals surface area contributed by atoms with Crippen LogP contribution >= 0.6 is 0 Å². The van der Waals surface area contributed by atoms with Crippen LogP contribution < -0.4 is 19.7 Å². The van der Waals surface area contributed by atoms with E-state index in [1.165, 1.54) is 4.90 Å². The number of fused-ring (bicyclic) bond motifs is 3. The zero-order valence-electron chi connectivity index (χ0n) is 20.2. The minimum atomic E-state index is -0.260. The molecule has 2 aromatic carbocycles. The molecule has 0 radical (unpaired) electrons. The van der Waals surface area contributed by atoms with Crippen LogP contribution in [0.5, 0.6) is 11.5 Å².